The van der Waals surface area contributed by atoms with Crippen molar-refractivity contribution >= 4 is 17.8 Å². The number of furan rings is 1. The molecule has 2 N–H and O–H groups in total. The lowest BCUT2D eigenvalue weighted by atomic mass is 9.82. The predicted octanol–water partition coefficient (Wildman–Crippen LogP) is 1.18. The van der Waals surface area contributed by atoms with Crippen molar-refractivity contribution in [2.75, 3.05) is 0 Å². The largest absolute Gasteiger partial charge is 0.472 e. The molecule has 2 heterocycles. The number of rotatable bonds is 2. The lowest BCUT2D eigenvalue weighted by Crippen LogP contribution is -2.50. The summed E-state index contributed by atoms with van der Waals surface area (Å²) in [5.41, 5.74) is 1.75. The smallest absolute Gasteiger partial charge is 0.344 e. The van der Waals surface area contributed by atoms with Crippen molar-refractivity contribution in [1.82, 2.24) is 15.8 Å². The Morgan fingerprint density at radius 3 is 2.70 bits per heavy atom. The van der Waals surface area contributed by atoms with Crippen LogP contribution in [0, 0.1) is 0 Å². The summed E-state index contributed by atoms with van der Waals surface area (Å²) in [6.45, 7) is 0. The fraction of sp³-hybridized carbons (Fsp3) is 0.462. The zero-order valence-electron chi connectivity index (χ0n) is 10.8. The fourth-order valence-corrected chi connectivity index (χ4v) is 2.78. The second-order valence-electron chi connectivity index (χ2n) is 5.17. The van der Waals surface area contributed by atoms with E-state index in [4.69, 9.17) is 4.42 Å². The number of hydrazine groups is 1. The van der Waals surface area contributed by atoms with E-state index in [2.05, 4.69) is 10.7 Å². The second kappa shape index (κ2) is 4.66. The molecule has 2 fully saturated rings. The van der Waals surface area contributed by atoms with Crippen molar-refractivity contribution in [3.8, 4) is 0 Å². The number of carbonyl (C=O) groups is 3. The standard InChI is InChI=1S/C13H15N3O4/c17-10(9-4-7-20-8-9)15-16-11(18)13(14-12(16)19)5-2-1-3-6-13/h4,7-8H,1-3,5-6H2,(H,14,19)(H,15,17). The van der Waals surface area contributed by atoms with E-state index in [1.807, 2.05) is 0 Å². The molecular formula is C13H15N3O4. The average molecular weight is 277 g/mol. The van der Waals surface area contributed by atoms with Crippen LogP contribution < -0.4 is 10.7 Å². The molecule has 0 bridgehead atoms. The van der Waals surface area contributed by atoms with Gasteiger partial charge in [-0.05, 0) is 18.9 Å². The Labute approximate surface area is 115 Å². The molecule has 1 aliphatic carbocycles. The minimum atomic E-state index is -0.834. The highest BCUT2D eigenvalue weighted by Gasteiger charge is 2.52. The SMILES string of the molecule is O=C(NN1C(=O)NC2(CCCCC2)C1=O)c1ccoc1. The second-order valence-corrected chi connectivity index (χ2v) is 5.17. The summed E-state index contributed by atoms with van der Waals surface area (Å²) in [6.07, 6.45) is 6.70. The molecule has 1 saturated carbocycles. The Morgan fingerprint density at radius 2 is 2.05 bits per heavy atom. The minimum absolute atomic E-state index is 0.259. The maximum Gasteiger partial charge on any atom is 0.344 e. The maximum absolute atomic E-state index is 12.4. The van der Waals surface area contributed by atoms with Gasteiger partial charge in [-0.3, -0.25) is 15.0 Å². The first-order valence-electron chi connectivity index (χ1n) is 6.62. The molecule has 1 aromatic heterocycles. The number of hydrogen-bond acceptors (Lipinski definition) is 4. The molecule has 106 valence electrons. The number of imide groups is 1. The van der Waals surface area contributed by atoms with Crippen LogP contribution in [0.25, 0.3) is 0 Å². The third-order valence-electron chi connectivity index (χ3n) is 3.87. The van der Waals surface area contributed by atoms with Gasteiger partial charge in [0.05, 0.1) is 11.8 Å². The van der Waals surface area contributed by atoms with E-state index in [1.165, 1.54) is 18.6 Å². The van der Waals surface area contributed by atoms with Crippen LogP contribution in [-0.2, 0) is 4.79 Å². The highest BCUT2D eigenvalue weighted by atomic mass is 16.3. The van der Waals surface area contributed by atoms with Crippen LogP contribution in [0.15, 0.2) is 23.0 Å². The summed E-state index contributed by atoms with van der Waals surface area (Å²) in [4.78, 5) is 36.2. The number of nitrogens with one attached hydrogen (secondary N) is 2. The van der Waals surface area contributed by atoms with Gasteiger partial charge in [0.1, 0.15) is 11.8 Å². The Bertz CT molecular complexity index is 546. The van der Waals surface area contributed by atoms with Gasteiger partial charge in [0.15, 0.2) is 0 Å². The molecular weight excluding hydrogens is 262 g/mol. The van der Waals surface area contributed by atoms with Crippen molar-refractivity contribution in [3.05, 3.63) is 24.2 Å². The molecule has 20 heavy (non-hydrogen) atoms. The quantitative estimate of drug-likeness (QED) is 0.794. The molecule has 1 aliphatic heterocycles. The monoisotopic (exact) mass is 277 g/mol. The summed E-state index contributed by atoms with van der Waals surface area (Å²) < 4.78 is 4.80. The lowest BCUT2D eigenvalue weighted by Gasteiger charge is -2.30. The Balaban J connectivity index is 1.75. The highest BCUT2D eigenvalue weighted by molar-refractivity contribution is 6.09. The number of hydrogen-bond donors (Lipinski definition) is 2. The Hall–Kier alpha value is -2.31. The van der Waals surface area contributed by atoms with Crippen molar-refractivity contribution in [1.29, 1.82) is 0 Å². The first-order valence-corrected chi connectivity index (χ1v) is 6.62. The predicted molar refractivity (Wildman–Crippen MR) is 67.4 cm³/mol. The number of urea groups is 1. The van der Waals surface area contributed by atoms with Gasteiger partial charge in [0.2, 0.25) is 0 Å². The van der Waals surface area contributed by atoms with Crippen molar-refractivity contribution < 1.29 is 18.8 Å². The molecule has 7 nitrogen and oxygen atoms in total. The molecule has 3 rings (SSSR count). The van der Waals surface area contributed by atoms with Gasteiger partial charge in [-0.2, -0.15) is 5.01 Å². The zero-order valence-corrected chi connectivity index (χ0v) is 10.8. The molecule has 1 spiro atoms. The summed E-state index contributed by atoms with van der Waals surface area (Å²) in [7, 11) is 0. The molecule has 1 saturated heterocycles. The van der Waals surface area contributed by atoms with Gasteiger partial charge in [0.25, 0.3) is 11.8 Å². The molecule has 1 aromatic rings. The Morgan fingerprint density at radius 1 is 1.30 bits per heavy atom. The van der Waals surface area contributed by atoms with Crippen molar-refractivity contribution in [2.24, 2.45) is 0 Å². The van der Waals surface area contributed by atoms with E-state index in [-0.39, 0.29) is 11.5 Å². The van der Waals surface area contributed by atoms with Crippen LogP contribution in [0.4, 0.5) is 4.79 Å². The van der Waals surface area contributed by atoms with Crippen LogP contribution in [0.1, 0.15) is 42.5 Å². The number of amides is 4. The van der Waals surface area contributed by atoms with E-state index in [9.17, 15) is 14.4 Å². The van der Waals surface area contributed by atoms with Gasteiger partial charge in [0, 0.05) is 0 Å². The summed E-state index contributed by atoms with van der Waals surface area (Å²) >= 11 is 0. The van der Waals surface area contributed by atoms with Crippen LogP contribution in [0.5, 0.6) is 0 Å². The van der Waals surface area contributed by atoms with Crippen LogP contribution in [-0.4, -0.2) is 28.4 Å². The first kappa shape index (κ1) is 12.7. The molecule has 4 amide bonds. The number of carbonyl (C=O) groups excluding carboxylic acids is 3. The minimum Gasteiger partial charge on any atom is -0.472 e. The third-order valence-corrected chi connectivity index (χ3v) is 3.87. The molecule has 0 unspecified atom stereocenters. The summed E-state index contributed by atoms with van der Waals surface area (Å²) in [5.74, 6) is -0.922. The average Bonchev–Trinajstić information content (AvgIpc) is 3.04. The molecule has 0 radical (unpaired) electrons. The van der Waals surface area contributed by atoms with Gasteiger partial charge in [-0.25, -0.2) is 4.79 Å². The first-order chi connectivity index (χ1) is 9.62. The molecule has 0 atom stereocenters. The van der Waals surface area contributed by atoms with E-state index in [0.717, 1.165) is 24.3 Å². The van der Waals surface area contributed by atoms with Gasteiger partial charge >= 0.3 is 6.03 Å². The van der Waals surface area contributed by atoms with Crippen LogP contribution in [0.3, 0.4) is 0 Å². The fourth-order valence-electron chi connectivity index (χ4n) is 2.78. The molecule has 0 aromatic carbocycles. The lowest BCUT2D eigenvalue weighted by molar-refractivity contribution is -0.134. The topological polar surface area (TPSA) is 91.7 Å². The van der Waals surface area contributed by atoms with E-state index >= 15 is 0 Å². The maximum atomic E-state index is 12.4. The van der Waals surface area contributed by atoms with Crippen molar-refractivity contribution in [2.45, 2.75) is 37.6 Å². The van der Waals surface area contributed by atoms with Gasteiger partial charge in [-0.1, -0.05) is 19.3 Å². The van der Waals surface area contributed by atoms with Crippen LogP contribution >= 0.6 is 0 Å². The Kier molecular flexibility index (Phi) is 2.96. The summed E-state index contributed by atoms with van der Waals surface area (Å²) in [5, 5.41) is 3.50. The van der Waals surface area contributed by atoms with Gasteiger partial charge in [-0.15, -0.1) is 0 Å². The highest BCUT2D eigenvalue weighted by Crippen LogP contribution is 2.33. The van der Waals surface area contributed by atoms with E-state index in [0.29, 0.717) is 12.8 Å². The van der Waals surface area contributed by atoms with Crippen molar-refractivity contribution in [3.63, 3.8) is 0 Å². The zero-order chi connectivity index (χ0) is 14.2. The normalized spacial score (nSPS) is 21.1. The summed E-state index contributed by atoms with van der Waals surface area (Å²) in [6, 6.07) is 0.887. The molecule has 7 heteroatoms. The number of nitrogens with zero attached hydrogens (tertiary/aromatic N) is 1. The van der Waals surface area contributed by atoms with Gasteiger partial charge < -0.3 is 9.73 Å². The van der Waals surface area contributed by atoms with E-state index in [1.54, 1.807) is 0 Å². The van der Waals surface area contributed by atoms with E-state index < -0.39 is 17.5 Å². The molecule has 2 aliphatic rings. The van der Waals surface area contributed by atoms with Crippen LogP contribution in [0.2, 0.25) is 0 Å². The third kappa shape index (κ3) is 1.95.